The van der Waals surface area contributed by atoms with Gasteiger partial charge in [0.2, 0.25) is 0 Å². The van der Waals surface area contributed by atoms with Gasteiger partial charge < -0.3 is 10.6 Å². The lowest BCUT2D eigenvalue weighted by molar-refractivity contribution is 0.555. The summed E-state index contributed by atoms with van der Waals surface area (Å²) in [5, 5.41) is 0. The lowest BCUT2D eigenvalue weighted by atomic mass is 10.1. The second-order valence-electron chi connectivity index (χ2n) is 4.46. The molecule has 1 saturated heterocycles. The summed E-state index contributed by atoms with van der Waals surface area (Å²) in [5.41, 5.74) is 8.23. The van der Waals surface area contributed by atoms with Crippen LogP contribution < -0.4 is 10.6 Å². The zero-order valence-electron chi connectivity index (χ0n) is 9.86. The van der Waals surface area contributed by atoms with Gasteiger partial charge in [-0.15, -0.1) is 0 Å². The summed E-state index contributed by atoms with van der Waals surface area (Å²) < 4.78 is 0. The fraction of sp³-hybridized carbons (Fsp3) is 0.615. The molecule has 1 aliphatic rings. The molecule has 0 amide bonds. The van der Waals surface area contributed by atoms with Gasteiger partial charge in [-0.3, -0.25) is 4.98 Å². The molecule has 1 fully saturated rings. The monoisotopic (exact) mass is 219 g/mol. The van der Waals surface area contributed by atoms with Gasteiger partial charge in [-0.05, 0) is 24.5 Å². The first-order valence-corrected chi connectivity index (χ1v) is 6.29. The number of rotatable bonds is 2. The smallest absolute Gasteiger partial charge is 0.0598 e. The standard InChI is InChI=1S/C13H21N3/c14-10-12-6-7-15-11-13(12)16-8-4-2-1-3-5-9-16/h6-7,11H,1-5,8-10,14H2. The molecular formula is C13H21N3. The lowest BCUT2D eigenvalue weighted by Gasteiger charge is -2.28. The minimum Gasteiger partial charge on any atom is -0.370 e. The van der Waals surface area contributed by atoms with Gasteiger partial charge in [0, 0.05) is 25.8 Å². The van der Waals surface area contributed by atoms with Crippen molar-refractivity contribution in [3.05, 3.63) is 24.0 Å². The van der Waals surface area contributed by atoms with Crippen LogP contribution in [0.2, 0.25) is 0 Å². The predicted molar refractivity (Wildman–Crippen MR) is 67.4 cm³/mol. The molecule has 0 atom stereocenters. The van der Waals surface area contributed by atoms with E-state index in [0.29, 0.717) is 6.54 Å². The third kappa shape index (κ3) is 2.73. The molecule has 0 saturated carbocycles. The quantitative estimate of drug-likeness (QED) is 0.830. The normalized spacial score (nSPS) is 17.9. The van der Waals surface area contributed by atoms with Gasteiger partial charge in [-0.2, -0.15) is 0 Å². The highest BCUT2D eigenvalue weighted by molar-refractivity contribution is 5.51. The van der Waals surface area contributed by atoms with Crippen molar-refractivity contribution in [3.63, 3.8) is 0 Å². The van der Waals surface area contributed by atoms with E-state index in [1.165, 1.54) is 43.4 Å². The molecule has 2 rings (SSSR count). The Hall–Kier alpha value is -1.09. The van der Waals surface area contributed by atoms with Crippen molar-refractivity contribution in [1.82, 2.24) is 4.98 Å². The molecule has 3 heteroatoms. The maximum atomic E-state index is 5.77. The number of anilines is 1. The Kier molecular flexibility index (Phi) is 4.17. The van der Waals surface area contributed by atoms with Gasteiger partial charge in [0.25, 0.3) is 0 Å². The van der Waals surface area contributed by atoms with Crippen molar-refractivity contribution in [2.45, 2.75) is 38.6 Å². The van der Waals surface area contributed by atoms with Crippen LogP contribution in [0.3, 0.4) is 0 Å². The SMILES string of the molecule is NCc1ccncc1N1CCCCCCC1. The summed E-state index contributed by atoms with van der Waals surface area (Å²) in [6.45, 7) is 2.91. The first-order chi connectivity index (χ1) is 7.92. The minimum atomic E-state index is 0.606. The van der Waals surface area contributed by atoms with Crippen molar-refractivity contribution >= 4 is 5.69 Å². The number of nitrogens with two attached hydrogens (primary N) is 1. The summed E-state index contributed by atoms with van der Waals surface area (Å²) in [7, 11) is 0. The maximum Gasteiger partial charge on any atom is 0.0598 e. The summed E-state index contributed by atoms with van der Waals surface area (Å²) in [5.74, 6) is 0. The second-order valence-corrected chi connectivity index (χ2v) is 4.46. The molecule has 0 aromatic carbocycles. The summed E-state index contributed by atoms with van der Waals surface area (Å²) in [4.78, 5) is 6.68. The van der Waals surface area contributed by atoms with Gasteiger partial charge >= 0.3 is 0 Å². The first-order valence-electron chi connectivity index (χ1n) is 6.29. The Balaban J connectivity index is 2.13. The highest BCUT2D eigenvalue weighted by Crippen LogP contribution is 2.22. The van der Waals surface area contributed by atoms with Gasteiger partial charge in [-0.1, -0.05) is 19.3 Å². The fourth-order valence-electron chi connectivity index (χ4n) is 2.36. The van der Waals surface area contributed by atoms with Crippen LogP contribution >= 0.6 is 0 Å². The van der Waals surface area contributed by atoms with Crippen molar-refractivity contribution in [1.29, 1.82) is 0 Å². The number of pyridine rings is 1. The molecular weight excluding hydrogens is 198 g/mol. The Bertz CT molecular complexity index is 317. The molecule has 1 aliphatic heterocycles. The molecule has 0 radical (unpaired) electrons. The van der Waals surface area contributed by atoms with Crippen molar-refractivity contribution in [2.75, 3.05) is 18.0 Å². The number of hydrogen-bond donors (Lipinski definition) is 1. The van der Waals surface area contributed by atoms with Gasteiger partial charge in [-0.25, -0.2) is 0 Å². The Labute approximate surface area is 97.7 Å². The first kappa shape index (κ1) is 11.4. The van der Waals surface area contributed by atoms with Crippen molar-refractivity contribution in [2.24, 2.45) is 5.73 Å². The van der Waals surface area contributed by atoms with Gasteiger partial charge in [0.15, 0.2) is 0 Å². The van der Waals surface area contributed by atoms with E-state index in [1.54, 1.807) is 0 Å². The lowest BCUT2D eigenvalue weighted by Crippen LogP contribution is -2.28. The average Bonchev–Trinajstić information content (AvgIpc) is 2.29. The van der Waals surface area contributed by atoms with E-state index in [9.17, 15) is 0 Å². The third-order valence-corrected chi connectivity index (χ3v) is 3.30. The number of nitrogens with zero attached hydrogens (tertiary/aromatic N) is 2. The highest BCUT2D eigenvalue weighted by Gasteiger charge is 2.11. The van der Waals surface area contributed by atoms with Crippen molar-refractivity contribution < 1.29 is 0 Å². The van der Waals surface area contributed by atoms with Gasteiger partial charge in [0.1, 0.15) is 0 Å². The molecule has 0 spiro atoms. The molecule has 0 unspecified atom stereocenters. The zero-order valence-corrected chi connectivity index (χ0v) is 9.86. The van der Waals surface area contributed by atoms with E-state index in [-0.39, 0.29) is 0 Å². The van der Waals surface area contributed by atoms with E-state index in [0.717, 1.165) is 13.1 Å². The fourth-order valence-corrected chi connectivity index (χ4v) is 2.36. The van der Waals surface area contributed by atoms with Gasteiger partial charge in [0.05, 0.1) is 11.9 Å². The molecule has 1 aromatic heterocycles. The van der Waals surface area contributed by atoms with E-state index in [1.807, 2.05) is 18.5 Å². The topological polar surface area (TPSA) is 42.1 Å². The average molecular weight is 219 g/mol. The van der Waals surface area contributed by atoms with Crippen LogP contribution in [0.1, 0.15) is 37.7 Å². The second kappa shape index (κ2) is 5.85. The zero-order chi connectivity index (χ0) is 11.2. The summed E-state index contributed by atoms with van der Waals surface area (Å²) in [6.07, 6.45) is 10.5. The molecule has 3 nitrogen and oxygen atoms in total. The Morgan fingerprint density at radius 2 is 1.81 bits per heavy atom. The molecule has 2 N–H and O–H groups in total. The molecule has 16 heavy (non-hydrogen) atoms. The number of aromatic nitrogens is 1. The van der Waals surface area contributed by atoms with Crippen molar-refractivity contribution in [3.8, 4) is 0 Å². The molecule has 1 aromatic rings. The molecule has 2 heterocycles. The molecule has 0 bridgehead atoms. The van der Waals surface area contributed by atoms with Crippen LogP contribution in [0.15, 0.2) is 18.5 Å². The highest BCUT2D eigenvalue weighted by atomic mass is 15.1. The van der Waals surface area contributed by atoms with Crippen LogP contribution in [-0.4, -0.2) is 18.1 Å². The van der Waals surface area contributed by atoms with Crippen LogP contribution in [0.5, 0.6) is 0 Å². The Morgan fingerprint density at radius 3 is 2.50 bits per heavy atom. The van der Waals surface area contributed by atoms with E-state index >= 15 is 0 Å². The molecule has 0 aliphatic carbocycles. The summed E-state index contributed by atoms with van der Waals surface area (Å²) >= 11 is 0. The van der Waals surface area contributed by atoms with Crippen LogP contribution in [0.4, 0.5) is 5.69 Å². The number of hydrogen-bond acceptors (Lipinski definition) is 3. The van der Waals surface area contributed by atoms with Crippen LogP contribution in [-0.2, 0) is 6.54 Å². The van der Waals surface area contributed by atoms with E-state index in [2.05, 4.69) is 9.88 Å². The summed E-state index contributed by atoms with van der Waals surface area (Å²) in [6, 6.07) is 2.04. The van der Waals surface area contributed by atoms with E-state index < -0.39 is 0 Å². The Morgan fingerprint density at radius 1 is 1.12 bits per heavy atom. The van der Waals surface area contributed by atoms with Crippen LogP contribution in [0, 0.1) is 0 Å². The van der Waals surface area contributed by atoms with Crippen LogP contribution in [0.25, 0.3) is 0 Å². The predicted octanol–water partition coefficient (Wildman–Crippen LogP) is 2.31. The minimum absolute atomic E-state index is 0.606. The molecule has 88 valence electrons. The third-order valence-electron chi connectivity index (χ3n) is 3.30. The van der Waals surface area contributed by atoms with E-state index in [4.69, 9.17) is 5.73 Å². The largest absolute Gasteiger partial charge is 0.370 e. The maximum absolute atomic E-state index is 5.77.